The number of carbonyl (C=O) groups is 1. The second-order valence-electron chi connectivity index (χ2n) is 4.77. The fraction of sp³-hybridized carbons (Fsp3) is 0.692. The van der Waals surface area contributed by atoms with Crippen LogP contribution in [-0.4, -0.2) is 35.3 Å². The van der Waals surface area contributed by atoms with Crippen molar-refractivity contribution in [2.24, 2.45) is 5.73 Å². The van der Waals surface area contributed by atoms with E-state index < -0.39 is 6.04 Å². The van der Waals surface area contributed by atoms with E-state index >= 15 is 0 Å². The Morgan fingerprint density at radius 2 is 2.28 bits per heavy atom. The van der Waals surface area contributed by atoms with Gasteiger partial charge in [0.15, 0.2) is 5.78 Å². The molecule has 102 valence electrons. The maximum atomic E-state index is 11.9. The highest BCUT2D eigenvalue weighted by atomic mass is 16.5. The van der Waals surface area contributed by atoms with Crippen LogP contribution in [0.4, 0.5) is 0 Å². The molecule has 1 aromatic heterocycles. The molecule has 0 fully saturated rings. The summed E-state index contributed by atoms with van der Waals surface area (Å²) in [5, 5.41) is 4.34. The summed E-state index contributed by atoms with van der Waals surface area (Å²) in [5.41, 5.74) is 6.62. The number of hydrogen-bond donors (Lipinski definition) is 1. The van der Waals surface area contributed by atoms with Gasteiger partial charge in [0.05, 0.1) is 18.2 Å². The molecule has 18 heavy (non-hydrogen) atoms. The van der Waals surface area contributed by atoms with Gasteiger partial charge in [-0.15, -0.1) is 0 Å². The van der Waals surface area contributed by atoms with Crippen molar-refractivity contribution >= 4 is 5.78 Å². The topological polar surface area (TPSA) is 70.1 Å². The number of nitrogens with two attached hydrogens (primary N) is 1. The summed E-state index contributed by atoms with van der Waals surface area (Å²) >= 11 is 0. The molecule has 0 bridgehead atoms. The largest absolute Gasteiger partial charge is 0.385 e. The Labute approximate surface area is 108 Å². The first-order valence-electron chi connectivity index (χ1n) is 6.36. The predicted octanol–water partition coefficient (Wildman–Crippen LogP) is 1.33. The van der Waals surface area contributed by atoms with E-state index in [1.165, 1.54) is 0 Å². The third-order valence-corrected chi connectivity index (χ3v) is 2.83. The van der Waals surface area contributed by atoms with Crippen LogP contribution in [0.1, 0.15) is 38.4 Å². The molecule has 1 atom stereocenters. The van der Waals surface area contributed by atoms with Crippen molar-refractivity contribution in [2.75, 3.05) is 13.7 Å². The number of ketones is 1. The van der Waals surface area contributed by atoms with Crippen molar-refractivity contribution in [3.8, 4) is 0 Å². The highest BCUT2D eigenvalue weighted by Crippen LogP contribution is 2.07. The maximum absolute atomic E-state index is 11.9. The van der Waals surface area contributed by atoms with Gasteiger partial charge in [-0.3, -0.25) is 9.48 Å². The molecule has 0 aliphatic heterocycles. The van der Waals surface area contributed by atoms with Crippen LogP contribution < -0.4 is 5.73 Å². The zero-order valence-electron chi connectivity index (χ0n) is 11.4. The first-order chi connectivity index (χ1) is 8.54. The molecule has 0 radical (unpaired) electrons. The van der Waals surface area contributed by atoms with Crippen LogP contribution in [0.15, 0.2) is 12.3 Å². The summed E-state index contributed by atoms with van der Waals surface area (Å²) in [5.74, 6) is 0.0418. The second kappa shape index (κ2) is 7.28. The SMILES string of the molecule is COCCCC(N)C(=O)Cc1ccn(C(C)C)n1. The van der Waals surface area contributed by atoms with E-state index in [1.807, 2.05) is 16.9 Å². The van der Waals surface area contributed by atoms with Gasteiger partial charge in [-0.1, -0.05) is 0 Å². The van der Waals surface area contributed by atoms with Gasteiger partial charge in [0.1, 0.15) is 0 Å². The van der Waals surface area contributed by atoms with Crippen molar-refractivity contribution in [3.05, 3.63) is 18.0 Å². The molecule has 0 aliphatic rings. The average molecular weight is 253 g/mol. The Morgan fingerprint density at radius 1 is 1.56 bits per heavy atom. The van der Waals surface area contributed by atoms with Crippen LogP contribution in [0.25, 0.3) is 0 Å². The molecule has 1 unspecified atom stereocenters. The molecule has 0 amide bonds. The highest BCUT2D eigenvalue weighted by Gasteiger charge is 2.15. The van der Waals surface area contributed by atoms with E-state index in [2.05, 4.69) is 18.9 Å². The molecule has 2 N–H and O–H groups in total. The lowest BCUT2D eigenvalue weighted by molar-refractivity contribution is -0.119. The van der Waals surface area contributed by atoms with Crippen LogP contribution in [0, 0.1) is 0 Å². The van der Waals surface area contributed by atoms with Crippen molar-refractivity contribution in [2.45, 2.75) is 45.2 Å². The molecular weight excluding hydrogens is 230 g/mol. The summed E-state index contributed by atoms with van der Waals surface area (Å²) < 4.78 is 6.78. The van der Waals surface area contributed by atoms with Gasteiger partial charge in [-0.2, -0.15) is 5.10 Å². The van der Waals surface area contributed by atoms with E-state index in [0.29, 0.717) is 25.5 Å². The number of aromatic nitrogens is 2. The Bertz CT molecular complexity index is 374. The lowest BCUT2D eigenvalue weighted by Crippen LogP contribution is -2.32. The second-order valence-corrected chi connectivity index (χ2v) is 4.77. The average Bonchev–Trinajstić information content (AvgIpc) is 2.77. The number of nitrogens with zero attached hydrogens (tertiary/aromatic N) is 2. The Balaban J connectivity index is 2.42. The molecule has 0 saturated heterocycles. The van der Waals surface area contributed by atoms with E-state index in [1.54, 1.807) is 7.11 Å². The van der Waals surface area contributed by atoms with Gasteiger partial charge in [-0.05, 0) is 32.8 Å². The van der Waals surface area contributed by atoms with Crippen LogP contribution >= 0.6 is 0 Å². The zero-order valence-corrected chi connectivity index (χ0v) is 11.4. The fourth-order valence-electron chi connectivity index (χ4n) is 1.68. The molecule has 5 nitrogen and oxygen atoms in total. The fourth-order valence-corrected chi connectivity index (χ4v) is 1.68. The molecule has 0 saturated carbocycles. The predicted molar refractivity (Wildman–Crippen MR) is 70.4 cm³/mol. The number of ether oxygens (including phenoxy) is 1. The van der Waals surface area contributed by atoms with Gasteiger partial charge in [0, 0.05) is 26.0 Å². The van der Waals surface area contributed by atoms with Crippen molar-refractivity contribution in [3.63, 3.8) is 0 Å². The number of hydrogen-bond acceptors (Lipinski definition) is 4. The summed E-state index contributed by atoms with van der Waals surface area (Å²) in [6, 6.07) is 1.77. The third kappa shape index (κ3) is 4.58. The molecule has 1 aromatic rings. The van der Waals surface area contributed by atoms with E-state index in [-0.39, 0.29) is 5.78 Å². The number of rotatable bonds is 8. The minimum atomic E-state index is -0.413. The molecule has 1 rings (SSSR count). The lowest BCUT2D eigenvalue weighted by atomic mass is 10.0. The van der Waals surface area contributed by atoms with Gasteiger partial charge in [-0.25, -0.2) is 0 Å². The van der Waals surface area contributed by atoms with Crippen LogP contribution in [0.5, 0.6) is 0 Å². The first-order valence-corrected chi connectivity index (χ1v) is 6.36. The van der Waals surface area contributed by atoms with Crippen LogP contribution in [-0.2, 0) is 16.0 Å². The summed E-state index contributed by atoms with van der Waals surface area (Å²) in [4.78, 5) is 11.9. The molecule has 0 aliphatic carbocycles. The summed E-state index contributed by atoms with van der Waals surface area (Å²) in [6.07, 6.45) is 3.68. The highest BCUT2D eigenvalue weighted by molar-refractivity contribution is 5.85. The molecule has 0 aromatic carbocycles. The first kappa shape index (κ1) is 14.9. The van der Waals surface area contributed by atoms with Gasteiger partial charge in [0.25, 0.3) is 0 Å². The van der Waals surface area contributed by atoms with Crippen molar-refractivity contribution < 1.29 is 9.53 Å². The Morgan fingerprint density at radius 3 is 2.83 bits per heavy atom. The van der Waals surface area contributed by atoms with Crippen molar-refractivity contribution in [1.29, 1.82) is 0 Å². The smallest absolute Gasteiger partial charge is 0.155 e. The minimum absolute atomic E-state index is 0.0418. The van der Waals surface area contributed by atoms with E-state index in [9.17, 15) is 4.79 Å². The monoisotopic (exact) mass is 253 g/mol. The standard InChI is InChI=1S/C13H23N3O2/c1-10(2)16-7-6-11(15-16)9-13(17)12(14)5-4-8-18-3/h6-7,10,12H,4-5,8-9,14H2,1-3H3. The third-order valence-electron chi connectivity index (χ3n) is 2.83. The van der Waals surface area contributed by atoms with Crippen LogP contribution in [0.3, 0.4) is 0 Å². The normalized spacial score (nSPS) is 12.9. The molecule has 5 heteroatoms. The van der Waals surface area contributed by atoms with Gasteiger partial charge >= 0.3 is 0 Å². The summed E-state index contributed by atoms with van der Waals surface area (Å²) in [7, 11) is 1.64. The molecule has 1 heterocycles. The number of carbonyl (C=O) groups excluding carboxylic acids is 1. The number of Topliss-reactive ketones (excluding diaryl/α,β-unsaturated/α-hetero) is 1. The molecular formula is C13H23N3O2. The van der Waals surface area contributed by atoms with Crippen LogP contribution in [0.2, 0.25) is 0 Å². The lowest BCUT2D eigenvalue weighted by Gasteiger charge is -2.09. The Hall–Kier alpha value is -1.20. The van der Waals surface area contributed by atoms with E-state index in [0.717, 1.165) is 12.1 Å². The molecule has 0 spiro atoms. The zero-order chi connectivity index (χ0) is 13.5. The van der Waals surface area contributed by atoms with Crippen molar-refractivity contribution in [1.82, 2.24) is 9.78 Å². The Kier molecular flexibility index (Phi) is 6.01. The number of methoxy groups -OCH3 is 1. The minimum Gasteiger partial charge on any atom is -0.385 e. The quantitative estimate of drug-likeness (QED) is 0.710. The summed E-state index contributed by atoms with van der Waals surface area (Å²) in [6.45, 7) is 4.74. The van der Waals surface area contributed by atoms with Gasteiger partial charge < -0.3 is 10.5 Å². The van der Waals surface area contributed by atoms with E-state index in [4.69, 9.17) is 10.5 Å². The maximum Gasteiger partial charge on any atom is 0.155 e. The van der Waals surface area contributed by atoms with Gasteiger partial charge in [0.2, 0.25) is 0 Å².